The van der Waals surface area contributed by atoms with Gasteiger partial charge in [-0.25, -0.2) is 0 Å². The van der Waals surface area contributed by atoms with Crippen LogP contribution in [0.4, 0.5) is 0 Å². The maximum absolute atomic E-state index is 11.8. The topological polar surface area (TPSA) is 52.6 Å². The summed E-state index contributed by atoms with van der Waals surface area (Å²) in [7, 11) is 0. The largest absolute Gasteiger partial charge is 0.466 e. The SMILES string of the molecule is CCCCCCCCCCC#CCOC(=O)CCCCCCCCC(=O)OCCCCCCC. The van der Waals surface area contributed by atoms with Gasteiger partial charge in [0.05, 0.1) is 6.61 Å². The molecule has 0 amide bonds. The Bertz CT molecular complexity index is 518. The molecule has 0 fully saturated rings. The molecule has 0 aromatic carbocycles. The first-order chi connectivity index (χ1) is 16.7. The number of carbonyl (C=O) groups excluding carboxylic acids is 2. The van der Waals surface area contributed by atoms with E-state index in [1.165, 1.54) is 64.2 Å². The second-order valence-corrected chi connectivity index (χ2v) is 9.50. The van der Waals surface area contributed by atoms with Crippen molar-refractivity contribution in [1.29, 1.82) is 0 Å². The van der Waals surface area contributed by atoms with Crippen molar-refractivity contribution in [3.63, 3.8) is 0 Å². The van der Waals surface area contributed by atoms with Crippen LogP contribution >= 0.6 is 0 Å². The molecule has 0 radical (unpaired) electrons. The van der Waals surface area contributed by atoms with E-state index in [4.69, 9.17) is 9.47 Å². The number of rotatable bonds is 24. The summed E-state index contributed by atoms with van der Waals surface area (Å²) in [5.74, 6) is 5.88. The van der Waals surface area contributed by atoms with Gasteiger partial charge in [-0.1, -0.05) is 122 Å². The van der Waals surface area contributed by atoms with E-state index in [1.807, 2.05) is 0 Å². The van der Waals surface area contributed by atoms with Crippen LogP contribution in [0, 0.1) is 11.8 Å². The fourth-order valence-corrected chi connectivity index (χ4v) is 3.89. The standard InChI is InChI=1S/C30H54O4/c1-3-5-7-9-10-11-12-13-16-20-24-28-34-30(32)26-22-18-15-14-17-21-25-29(31)33-27-23-19-8-6-4-2/h3-19,21-23,25-28H2,1-2H3. The summed E-state index contributed by atoms with van der Waals surface area (Å²) >= 11 is 0. The zero-order valence-corrected chi connectivity index (χ0v) is 22.6. The molecule has 0 rings (SSSR count). The molecule has 0 atom stereocenters. The lowest BCUT2D eigenvalue weighted by Crippen LogP contribution is -2.05. The highest BCUT2D eigenvalue weighted by atomic mass is 16.5. The number of ether oxygens (including phenoxy) is 2. The summed E-state index contributed by atoms with van der Waals surface area (Å²) in [5.41, 5.74) is 0. The highest BCUT2D eigenvalue weighted by Crippen LogP contribution is 2.11. The van der Waals surface area contributed by atoms with Crippen LogP contribution < -0.4 is 0 Å². The van der Waals surface area contributed by atoms with E-state index < -0.39 is 0 Å². The van der Waals surface area contributed by atoms with Crippen LogP contribution in [0.3, 0.4) is 0 Å². The Morgan fingerprint density at radius 2 is 0.941 bits per heavy atom. The Hall–Kier alpha value is -1.50. The molecule has 0 aromatic heterocycles. The summed E-state index contributed by atoms with van der Waals surface area (Å²) in [6, 6.07) is 0. The average Bonchev–Trinajstić information content (AvgIpc) is 2.83. The first kappa shape index (κ1) is 32.5. The molecule has 0 aliphatic rings. The van der Waals surface area contributed by atoms with E-state index in [0.717, 1.165) is 64.2 Å². The van der Waals surface area contributed by atoms with Crippen molar-refractivity contribution in [2.45, 2.75) is 155 Å². The van der Waals surface area contributed by atoms with Gasteiger partial charge in [0.25, 0.3) is 0 Å². The second-order valence-electron chi connectivity index (χ2n) is 9.50. The molecule has 0 aromatic rings. The summed E-state index contributed by atoms with van der Waals surface area (Å²) in [4.78, 5) is 23.4. The van der Waals surface area contributed by atoms with Gasteiger partial charge in [0.15, 0.2) is 6.61 Å². The number of carbonyl (C=O) groups is 2. The minimum atomic E-state index is -0.140. The first-order valence-electron chi connectivity index (χ1n) is 14.5. The van der Waals surface area contributed by atoms with Gasteiger partial charge in [0.1, 0.15) is 0 Å². The van der Waals surface area contributed by atoms with Crippen molar-refractivity contribution in [2.24, 2.45) is 0 Å². The van der Waals surface area contributed by atoms with Crippen LogP contribution in [0.2, 0.25) is 0 Å². The third kappa shape index (κ3) is 26.7. The van der Waals surface area contributed by atoms with Crippen molar-refractivity contribution in [1.82, 2.24) is 0 Å². The second kappa shape index (κ2) is 27.7. The van der Waals surface area contributed by atoms with Gasteiger partial charge in [-0.3, -0.25) is 9.59 Å². The molecule has 0 heterocycles. The van der Waals surface area contributed by atoms with Gasteiger partial charge < -0.3 is 9.47 Å². The summed E-state index contributed by atoms with van der Waals surface area (Å²) in [5, 5.41) is 0. The maximum Gasteiger partial charge on any atom is 0.306 e. The van der Waals surface area contributed by atoms with Crippen LogP contribution in [0.15, 0.2) is 0 Å². The molecule has 0 bridgehead atoms. The zero-order chi connectivity index (χ0) is 25.0. The highest BCUT2D eigenvalue weighted by Gasteiger charge is 2.04. The molecule has 0 aliphatic heterocycles. The Balaban J connectivity index is 3.34. The van der Waals surface area contributed by atoms with Crippen LogP contribution in [0.1, 0.15) is 155 Å². The van der Waals surface area contributed by atoms with Crippen LogP contribution in [-0.4, -0.2) is 25.2 Å². The van der Waals surface area contributed by atoms with E-state index in [-0.39, 0.29) is 18.5 Å². The van der Waals surface area contributed by atoms with Crippen molar-refractivity contribution in [2.75, 3.05) is 13.2 Å². The predicted molar refractivity (Wildman–Crippen MR) is 143 cm³/mol. The van der Waals surface area contributed by atoms with Gasteiger partial charge in [-0.2, -0.15) is 0 Å². The summed E-state index contributed by atoms with van der Waals surface area (Å²) in [6.45, 7) is 5.25. The van der Waals surface area contributed by atoms with E-state index >= 15 is 0 Å². The van der Waals surface area contributed by atoms with E-state index in [2.05, 4.69) is 25.7 Å². The quantitative estimate of drug-likeness (QED) is 0.0790. The lowest BCUT2D eigenvalue weighted by Gasteiger charge is -2.05. The predicted octanol–water partition coefficient (Wildman–Crippen LogP) is 8.70. The fourth-order valence-electron chi connectivity index (χ4n) is 3.89. The number of esters is 2. The normalized spacial score (nSPS) is 10.5. The van der Waals surface area contributed by atoms with Crippen LogP contribution in [-0.2, 0) is 19.1 Å². The lowest BCUT2D eigenvalue weighted by atomic mass is 10.1. The highest BCUT2D eigenvalue weighted by molar-refractivity contribution is 5.69. The smallest absolute Gasteiger partial charge is 0.306 e. The molecule has 34 heavy (non-hydrogen) atoms. The molecule has 0 spiro atoms. The van der Waals surface area contributed by atoms with Crippen LogP contribution in [0.25, 0.3) is 0 Å². The number of unbranched alkanes of at least 4 members (excludes halogenated alkanes) is 17. The third-order valence-electron chi connectivity index (χ3n) is 6.11. The third-order valence-corrected chi connectivity index (χ3v) is 6.11. The summed E-state index contributed by atoms with van der Waals surface area (Å²) in [6.07, 6.45) is 24.3. The molecule has 0 saturated carbocycles. The van der Waals surface area contributed by atoms with Gasteiger partial charge in [-0.15, -0.1) is 0 Å². The summed E-state index contributed by atoms with van der Waals surface area (Å²) < 4.78 is 10.5. The van der Waals surface area contributed by atoms with E-state index in [9.17, 15) is 9.59 Å². The van der Waals surface area contributed by atoms with Crippen molar-refractivity contribution in [3.8, 4) is 11.8 Å². The molecule has 0 unspecified atom stereocenters. The number of hydrogen-bond acceptors (Lipinski definition) is 4. The molecular formula is C30H54O4. The minimum Gasteiger partial charge on any atom is -0.466 e. The monoisotopic (exact) mass is 478 g/mol. The molecule has 4 nitrogen and oxygen atoms in total. The average molecular weight is 479 g/mol. The molecular weight excluding hydrogens is 424 g/mol. The van der Waals surface area contributed by atoms with Crippen molar-refractivity contribution in [3.05, 3.63) is 0 Å². The molecule has 0 saturated heterocycles. The fraction of sp³-hybridized carbons (Fsp3) is 0.867. The zero-order valence-electron chi connectivity index (χ0n) is 22.6. The first-order valence-corrected chi connectivity index (χ1v) is 14.5. The molecule has 0 N–H and O–H groups in total. The van der Waals surface area contributed by atoms with E-state index in [1.54, 1.807) is 0 Å². The molecule has 198 valence electrons. The van der Waals surface area contributed by atoms with Crippen molar-refractivity contribution < 1.29 is 19.1 Å². The lowest BCUT2D eigenvalue weighted by molar-refractivity contribution is -0.144. The van der Waals surface area contributed by atoms with E-state index in [0.29, 0.717) is 19.4 Å². The van der Waals surface area contributed by atoms with Gasteiger partial charge >= 0.3 is 11.9 Å². The Morgan fingerprint density at radius 3 is 1.50 bits per heavy atom. The Kier molecular flexibility index (Phi) is 26.5. The molecule has 0 aliphatic carbocycles. The van der Waals surface area contributed by atoms with Crippen molar-refractivity contribution >= 4 is 11.9 Å². The van der Waals surface area contributed by atoms with Gasteiger partial charge in [0, 0.05) is 19.3 Å². The maximum atomic E-state index is 11.8. The minimum absolute atomic E-state index is 0.0564. The van der Waals surface area contributed by atoms with Gasteiger partial charge in [-0.05, 0) is 25.7 Å². The Labute approximate surface area is 211 Å². The molecule has 4 heteroatoms. The van der Waals surface area contributed by atoms with Crippen LogP contribution in [0.5, 0.6) is 0 Å². The number of hydrogen-bond donors (Lipinski definition) is 0. The van der Waals surface area contributed by atoms with Gasteiger partial charge in [0.2, 0.25) is 0 Å². The Morgan fingerprint density at radius 1 is 0.500 bits per heavy atom.